The molecular weight excluding hydrogens is 214 g/mol. The van der Waals surface area contributed by atoms with E-state index >= 15 is 0 Å². The van der Waals surface area contributed by atoms with Crippen LogP contribution in [0.25, 0.3) is 0 Å². The number of likely N-dealkylation sites (tertiary alicyclic amines) is 1. The van der Waals surface area contributed by atoms with Crippen LogP contribution >= 0.6 is 0 Å². The van der Waals surface area contributed by atoms with Gasteiger partial charge in [-0.05, 0) is 30.1 Å². The molecule has 0 aromatic rings. The predicted molar refractivity (Wildman–Crippen MR) is 67.9 cm³/mol. The van der Waals surface area contributed by atoms with Crippen LogP contribution in [0.15, 0.2) is 0 Å². The van der Waals surface area contributed by atoms with Gasteiger partial charge in [0.25, 0.3) is 0 Å². The van der Waals surface area contributed by atoms with Crippen molar-refractivity contribution in [1.82, 2.24) is 4.90 Å². The fraction of sp³-hybridized carbons (Fsp3) is 0.929. The minimum Gasteiger partial charge on any atom is -0.481 e. The summed E-state index contributed by atoms with van der Waals surface area (Å²) in [6.07, 6.45) is 3.09. The number of carboxylic acid groups (broad SMARTS) is 1. The Morgan fingerprint density at radius 3 is 2.47 bits per heavy atom. The second kappa shape index (κ2) is 4.60. The molecule has 2 aliphatic rings. The van der Waals surface area contributed by atoms with Crippen molar-refractivity contribution in [3.8, 4) is 0 Å². The number of aliphatic carboxylic acids is 1. The summed E-state index contributed by atoms with van der Waals surface area (Å²) in [5, 5.41) is 9.15. The van der Waals surface area contributed by atoms with Gasteiger partial charge in [-0.1, -0.05) is 27.2 Å². The molecule has 0 aromatic carbocycles. The van der Waals surface area contributed by atoms with Gasteiger partial charge in [-0.2, -0.15) is 0 Å². The van der Waals surface area contributed by atoms with Crippen LogP contribution in [0, 0.1) is 23.2 Å². The van der Waals surface area contributed by atoms with Gasteiger partial charge in [-0.25, -0.2) is 0 Å². The third-order valence-corrected chi connectivity index (χ3v) is 4.65. The maximum atomic E-state index is 11.1. The Hall–Kier alpha value is -0.570. The van der Waals surface area contributed by atoms with Crippen LogP contribution in [-0.2, 0) is 4.79 Å². The van der Waals surface area contributed by atoms with Crippen molar-refractivity contribution in [2.75, 3.05) is 19.6 Å². The number of carboxylic acids is 1. The first-order valence-corrected chi connectivity index (χ1v) is 6.83. The van der Waals surface area contributed by atoms with E-state index in [2.05, 4.69) is 25.7 Å². The van der Waals surface area contributed by atoms with Gasteiger partial charge in [-0.3, -0.25) is 4.79 Å². The van der Waals surface area contributed by atoms with Crippen LogP contribution in [0.5, 0.6) is 0 Å². The van der Waals surface area contributed by atoms with Gasteiger partial charge in [0.15, 0.2) is 0 Å². The molecule has 17 heavy (non-hydrogen) atoms. The highest BCUT2D eigenvalue weighted by atomic mass is 16.4. The highest BCUT2D eigenvalue weighted by molar-refractivity contribution is 5.70. The SMILES string of the molecule is CC(C)(C)C1CN(CC2CCCC2C(=O)O)C1. The first kappa shape index (κ1) is 12.9. The van der Waals surface area contributed by atoms with Crippen LogP contribution in [0.2, 0.25) is 0 Å². The fourth-order valence-corrected chi connectivity index (χ4v) is 3.18. The van der Waals surface area contributed by atoms with Crippen LogP contribution in [0.4, 0.5) is 0 Å². The Balaban J connectivity index is 1.78. The van der Waals surface area contributed by atoms with E-state index in [1.54, 1.807) is 0 Å². The lowest BCUT2D eigenvalue weighted by Gasteiger charge is -2.47. The number of rotatable bonds is 3. The van der Waals surface area contributed by atoms with E-state index in [9.17, 15) is 4.79 Å². The van der Waals surface area contributed by atoms with Gasteiger partial charge < -0.3 is 10.0 Å². The molecule has 3 nitrogen and oxygen atoms in total. The Morgan fingerprint density at radius 1 is 1.29 bits per heavy atom. The van der Waals surface area contributed by atoms with Gasteiger partial charge >= 0.3 is 5.97 Å². The molecular formula is C14H25NO2. The van der Waals surface area contributed by atoms with E-state index in [0.29, 0.717) is 11.3 Å². The maximum absolute atomic E-state index is 11.1. The molecule has 1 aliphatic carbocycles. The zero-order chi connectivity index (χ0) is 12.6. The Bertz CT molecular complexity index is 289. The predicted octanol–water partition coefficient (Wildman–Crippen LogP) is 2.47. The average Bonchev–Trinajstić information content (AvgIpc) is 2.55. The van der Waals surface area contributed by atoms with Gasteiger partial charge in [-0.15, -0.1) is 0 Å². The van der Waals surface area contributed by atoms with Crippen molar-refractivity contribution in [2.45, 2.75) is 40.0 Å². The number of hydrogen-bond acceptors (Lipinski definition) is 2. The number of carbonyl (C=O) groups is 1. The summed E-state index contributed by atoms with van der Waals surface area (Å²) in [5.41, 5.74) is 0.401. The summed E-state index contributed by atoms with van der Waals surface area (Å²) in [5.74, 6) is 0.518. The summed E-state index contributed by atoms with van der Waals surface area (Å²) in [6, 6.07) is 0. The molecule has 1 saturated heterocycles. The Kier molecular flexibility index (Phi) is 3.48. The quantitative estimate of drug-likeness (QED) is 0.822. The average molecular weight is 239 g/mol. The van der Waals surface area contributed by atoms with Crippen molar-refractivity contribution >= 4 is 5.97 Å². The summed E-state index contributed by atoms with van der Waals surface area (Å²) in [6.45, 7) is 10.2. The van der Waals surface area contributed by atoms with Crippen LogP contribution in [0.1, 0.15) is 40.0 Å². The highest BCUT2D eigenvalue weighted by Gasteiger charge is 2.39. The molecule has 1 N–H and O–H groups in total. The standard InChI is InChI=1S/C14H25NO2/c1-14(2,3)11-8-15(9-11)7-10-5-4-6-12(10)13(16)17/h10-12H,4-9H2,1-3H3,(H,16,17). The van der Waals surface area contributed by atoms with Crippen LogP contribution in [0.3, 0.4) is 0 Å². The normalized spacial score (nSPS) is 31.5. The van der Waals surface area contributed by atoms with Crippen LogP contribution < -0.4 is 0 Å². The lowest BCUT2D eigenvalue weighted by molar-refractivity contribution is -0.143. The molecule has 98 valence electrons. The van der Waals surface area contributed by atoms with E-state index < -0.39 is 5.97 Å². The highest BCUT2D eigenvalue weighted by Crippen LogP contribution is 2.37. The first-order valence-electron chi connectivity index (χ1n) is 6.83. The lowest BCUT2D eigenvalue weighted by atomic mass is 9.75. The maximum Gasteiger partial charge on any atom is 0.306 e. The third-order valence-electron chi connectivity index (χ3n) is 4.65. The van der Waals surface area contributed by atoms with Crippen molar-refractivity contribution in [3.05, 3.63) is 0 Å². The Morgan fingerprint density at radius 2 is 1.94 bits per heavy atom. The minimum atomic E-state index is -0.583. The van der Waals surface area contributed by atoms with Gasteiger partial charge in [0, 0.05) is 19.6 Å². The number of nitrogens with zero attached hydrogens (tertiary/aromatic N) is 1. The van der Waals surface area contributed by atoms with Gasteiger partial charge in [0.1, 0.15) is 0 Å². The molecule has 0 radical (unpaired) electrons. The molecule has 2 fully saturated rings. The zero-order valence-corrected chi connectivity index (χ0v) is 11.3. The Labute approximate surface area is 104 Å². The topological polar surface area (TPSA) is 40.5 Å². The molecule has 1 heterocycles. The molecule has 1 aliphatic heterocycles. The van der Waals surface area contributed by atoms with Crippen molar-refractivity contribution in [2.24, 2.45) is 23.2 Å². The summed E-state index contributed by atoms with van der Waals surface area (Å²) >= 11 is 0. The molecule has 0 bridgehead atoms. The second-order valence-corrected chi connectivity index (χ2v) is 6.92. The van der Waals surface area contributed by atoms with E-state index in [1.165, 1.54) is 0 Å². The van der Waals surface area contributed by atoms with Crippen molar-refractivity contribution in [1.29, 1.82) is 0 Å². The van der Waals surface area contributed by atoms with Gasteiger partial charge in [0.2, 0.25) is 0 Å². The minimum absolute atomic E-state index is 0.0799. The summed E-state index contributed by atoms with van der Waals surface area (Å²) < 4.78 is 0. The molecule has 2 rings (SSSR count). The monoisotopic (exact) mass is 239 g/mol. The number of hydrogen-bond donors (Lipinski definition) is 1. The first-order chi connectivity index (χ1) is 7.88. The van der Waals surface area contributed by atoms with Crippen molar-refractivity contribution in [3.63, 3.8) is 0 Å². The van der Waals surface area contributed by atoms with E-state index in [1.807, 2.05) is 0 Å². The molecule has 2 unspecified atom stereocenters. The fourth-order valence-electron chi connectivity index (χ4n) is 3.18. The molecule has 0 aromatic heterocycles. The molecule has 1 saturated carbocycles. The third kappa shape index (κ3) is 2.82. The lowest BCUT2D eigenvalue weighted by Crippen LogP contribution is -2.53. The van der Waals surface area contributed by atoms with E-state index in [-0.39, 0.29) is 5.92 Å². The molecule has 0 amide bonds. The van der Waals surface area contributed by atoms with Crippen molar-refractivity contribution < 1.29 is 9.90 Å². The molecule has 2 atom stereocenters. The van der Waals surface area contributed by atoms with E-state index in [4.69, 9.17) is 5.11 Å². The zero-order valence-electron chi connectivity index (χ0n) is 11.3. The molecule has 3 heteroatoms. The molecule has 0 spiro atoms. The summed E-state index contributed by atoms with van der Waals surface area (Å²) in [4.78, 5) is 13.6. The smallest absolute Gasteiger partial charge is 0.306 e. The van der Waals surface area contributed by atoms with E-state index in [0.717, 1.165) is 44.8 Å². The largest absolute Gasteiger partial charge is 0.481 e. The van der Waals surface area contributed by atoms with Crippen LogP contribution in [-0.4, -0.2) is 35.6 Å². The second-order valence-electron chi connectivity index (χ2n) is 6.92. The van der Waals surface area contributed by atoms with Gasteiger partial charge in [0.05, 0.1) is 5.92 Å². The summed E-state index contributed by atoms with van der Waals surface area (Å²) in [7, 11) is 0.